The number of carbonyl (C=O) groups excluding carboxylic acids is 2. The van der Waals surface area contributed by atoms with Crippen LogP contribution < -0.4 is 10.2 Å². The summed E-state index contributed by atoms with van der Waals surface area (Å²) in [5.74, 6) is -0.0277. The Balaban J connectivity index is 1.80. The second-order valence-electron chi connectivity index (χ2n) is 5.94. The summed E-state index contributed by atoms with van der Waals surface area (Å²) in [5.41, 5.74) is 2.83. The van der Waals surface area contributed by atoms with E-state index in [2.05, 4.69) is 5.32 Å². The number of urea groups is 1. The number of nitrogens with one attached hydrogen (secondary N) is 1. The third-order valence-corrected chi connectivity index (χ3v) is 5.29. The maximum Gasteiger partial charge on any atom is 0.331 e. The second kappa shape index (κ2) is 6.69. The highest BCUT2D eigenvalue weighted by Crippen LogP contribution is 2.48. The van der Waals surface area contributed by atoms with Crippen molar-refractivity contribution in [3.05, 3.63) is 78.4 Å². The van der Waals surface area contributed by atoms with Crippen molar-refractivity contribution < 1.29 is 9.59 Å². The molecule has 128 valence electrons. The van der Waals surface area contributed by atoms with Crippen LogP contribution in [0.4, 0.5) is 21.9 Å². The molecule has 0 radical (unpaired) electrons. The highest BCUT2D eigenvalue weighted by molar-refractivity contribution is 7.99. The van der Waals surface area contributed by atoms with Crippen molar-refractivity contribution in [3.63, 3.8) is 0 Å². The molecule has 0 aromatic heterocycles. The van der Waals surface area contributed by atoms with E-state index in [0.29, 0.717) is 5.56 Å². The van der Waals surface area contributed by atoms with E-state index in [1.807, 2.05) is 60.7 Å². The lowest BCUT2D eigenvalue weighted by Crippen LogP contribution is -2.32. The van der Waals surface area contributed by atoms with E-state index in [9.17, 15) is 9.59 Å². The molecule has 0 atom stereocenters. The molecule has 0 unspecified atom stereocenters. The summed E-state index contributed by atoms with van der Waals surface area (Å²) < 4.78 is 0. The normalized spacial score (nSPS) is 12.1. The SMILES string of the molecule is CC(=O)c1ccc2c(c1)N(C(=O)Nc1ccccc1)c1ccccc1S2. The highest BCUT2D eigenvalue weighted by atomic mass is 32.2. The molecule has 1 heterocycles. The van der Waals surface area contributed by atoms with Gasteiger partial charge in [-0.15, -0.1) is 0 Å². The zero-order valence-corrected chi connectivity index (χ0v) is 14.9. The average Bonchev–Trinajstić information content (AvgIpc) is 2.66. The van der Waals surface area contributed by atoms with Gasteiger partial charge in [-0.3, -0.25) is 9.69 Å². The Hall–Kier alpha value is -3.05. The van der Waals surface area contributed by atoms with E-state index in [0.717, 1.165) is 26.9 Å². The van der Waals surface area contributed by atoms with Crippen LogP contribution in [0.15, 0.2) is 82.6 Å². The summed E-state index contributed by atoms with van der Waals surface area (Å²) in [7, 11) is 0. The number of hydrogen-bond donors (Lipinski definition) is 1. The van der Waals surface area contributed by atoms with Crippen LogP contribution in [0.3, 0.4) is 0 Å². The molecular weight excluding hydrogens is 344 g/mol. The second-order valence-corrected chi connectivity index (χ2v) is 7.02. The van der Waals surface area contributed by atoms with Gasteiger partial charge >= 0.3 is 6.03 Å². The summed E-state index contributed by atoms with van der Waals surface area (Å²) in [6.07, 6.45) is 0. The summed E-state index contributed by atoms with van der Waals surface area (Å²) in [5, 5.41) is 2.93. The predicted octanol–water partition coefficient (Wildman–Crippen LogP) is 5.72. The molecule has 0 saturated carbocycles. The van der Waals surface area contributed by atoms with Crippen molar-refractivity contribution >= 4 is 40.6 Å². The molecule has 1 aliphatic rings. The molecule has 0 spiro atoms. The fourth-order valence-electron chi connectivity index (χ4n) is 2.89. The standard InChI is InChI=1S/C21H16N2O2S/c1-14(24)15-11-12-20-18(13-15)23(17-9-5-6-10-19(17)26-20)21(25)22-16-7-3-2-4-8-16/h2-13H,1H3,(H,22,25). The van der Waals surface area contributed by atoms with E-state index < -0.39 is 0 Å². The average molecular weight is 360 g/mol. The molecule has 5 heteroatoms. The van der Waals surface area contributed by atoms with Crippen LogP contribution in [-0.2, 0) is 0 Å². The molecular formula is C21H16N2O2S. The topological polar surface area (TPSA) is 49.4 Å². The lowest BCUT2D eigenvalue weighted by atomic mass is 10.1. The van der Waals surface area contributed by atoms with Gasteiger partial charge in [-0.1, -0.05) is 48.2 Å². The summed E-state index contributed by atoms with van der Waals surface area (Å²) in [6, 6.07) is 22.3. The fourth-order valence-corrected chi connectivity index (χ4v) is 3.93. The molecule has 4 nitrogen and oxygen atoms in total. The van der Waals surface area contributed by atoms with Crippen LogP contribution in [0, 0.1) is 0 Å². The van der Waals surface area contributed by atoms with Crippen LogP contribution >= 0.6 is 11.8 Å². The predicted molar refractivity (Wildman–Crippen MR) is 105 cm³/mol. The van der Waals surface area contributed by atoms with Gasteiger partial charge in [0.25, 0.3) is 0 Å². The Labute approximate surface area is 155 Å². The van der Waals surface area contributed by atoms with Crippen LogP contribution in [0.1, 0.15) is 17.3 Å². The minimum Gasteiger partial charge on any atom is -0.307 e. The Morgan fingerprint density at radius 1 is 0.846 bits per heavy atom. The fraction of sp³-hybridized carbons (Fsp3) is 0.0476. The molecule has 1 N–H and O–H groups in total. The number of fused-ring (bicyclic) bond motifs is 2. The smallest absolute Gasteiger partial charge is 0.307 e. The number of benzene rings is 3. The minimum absolute atomic E-state index is 0.0277. The molecule has 0 bridgehead atoms. The number of carbonyl (C=O) groups is 2. The van der Waals surface area contributed by atoms with E-state index in [1.165, 1.54) is 6.92 Å². The third kappa shape index (κ3) is 2.97. The van der Waals surface area contributed by atoms with Crippen molar-refractivity contribution in [3.8, 4) is 0 Å². The number of anilines is 3. The van der Waals surface area contributed by atoms with Gasteiger partial charge in [-0.25, -0.2) is 4.79 Å². The van der Waals surface area contributed by atoms with Crippen molar-refractivity contribution in [2.75, 3.05) is 10.2 Å². The molecule has 1 aliphatic heterocycles. The van der Waals surface area contributed by atoms with Crippen LogP contribution in [0.5, 0.6) is 0 Å². The number of para-hydroxylation sites is 2. The maximum atomic E-state index is 13.1. The van der Waals surface area contributed by atoms with Crippen LogP contribution in [0.2, 0.25) is 0 Å². The number of Topliss-reactive ketones (excluding diaryl/α,β-unsaturated/α-hetero) is 1. The van der Waals surface area contributed by atoms with E-state index in [1.54, 1.807) is 28.8 Å². The first kappa shape index (κ1) is 16.4. The number of rotatable bonds is 2. The molecule has 0 aliphatic carbocycles. The van der Waals surface area contributed by atoms with Crippen molar-refractivity contribution in [1.82, 2.24) is 0 Å². The van der Waals surface area contributed by atoms with E-state index in [-0.39, 0.29) is 11.8 Å². The number of ketones is 1. The van der Waals surface area contributed by atoms with E-state index in [4.69, 9.17) is 0 Å². The Bertz CT molecular complexity index is 1000. The van der Waals surface area contributed by atoms with Gasteiger partial charge in [0.15, 0.2) is 5.78 Å². The summed E-state index contributed by atoms with van der Waals surface area (Å²) in [4.78, 5) is 28.5. The first-order valence-corrected chi connectivity index (χ1v) is 9.03. The van der Waals surface area contributed by atoms with Crippen LogP contribution in [-0.4, -0.2) is 11.8 Å². The monoisotopic (exact) mass is 360 g/mol. The van der Waals surface area contributed by atoms with Gasteiger partial charge in [0.2, 0.25) is 0 Å². The van der Waals surface area contributed by atoms with Gasteiger partial charge in [-0.05, 0) is 43.3 Å². The summed E-state index contributed by atoms with van der Waals surface area (Å²) >= 11 is 1.60. The quantitative estimate of drug-likeness (QED) is 0.594. The largest absolute Gasteiger partial charge is 0.331 e. The zero-order chi connectivity index (χ0) is 18.1. The Morgan fingerprint density at radius 3 is 2.31 bits per heavy atom. The molecule has 4 rings (SSSR count). The van der Waals surface area contributed by atoms with Crippen molar-refractivity contribution in [2.45, 2.75) is 16.7 Å². The van der Waals surface area contributed by atoms with Crippen LogP contribution in [0.25, 0.3) is 0 Å². The van der Waals surface area contributed by atoms with Gasteiger partial charge in [0, 0.05) is 21.0 Å². The highest BCUT2D eigenvalue weighted by Gasteiger charge is 2.28. The molecule has 3 aromatic rings. The van der Waals surface area contributed by atoms with Crippen molar-refractivity contribution in [2.24, 2.45) is 0 Å². The molecule has 2 amide bonds. The summed E-state index contributed by atoms with van der Waals surface area (Å²) in [6.45, 7) is 1.53. The van der Waals surface area contributed by atoms with E-state index >= 15 is 0 Å². The first-order chi connectivity index (χ1) is 12.6. The van der Waals surface area contributed by atoms with Gasteiger partial charge in [-0.2, -0.15) is 0 Å². The molecule has 3 aromatic carbocycles. The number of hydrogen-bond acceptors (Lipinski definition) is 3. The lowest BCUT2D eigenvalue weighted by Gasteiger charge is -2.31. The number of nitrogens with zero attached hydrogens (tertiary/aromatic N) is 1. The Kier molecular flexibility index (Phi) is 4.22. The van der Waals surface area contributed by atoms with Crippen molar-refractivity contribution in [1.29, 1.82) is 0 Å². The first-order valence-electron chi connectivity index (χ1n) is 8.21. The Morgan fingerprint density at radius 2 is 1.54 bits per heavy atom. The van der Waals surface area contributed by atoms with Gasteiger partial charge in [0.1, 0.15) is 0 Å². The lowest BCUT2D eigenvalue weighted by molar-refractivity contribution is 0.101. The minimum atomic E-state index is -0.258. The van der Waals surface area contributed by atoms with Gasteiger partial charge < -0.3 is 5.32 Å². The maximum absolute atomic E-state index is 13.1. The third-order valence-electron chi connectivity index (χ3n) is 4.16. The number of amides is 2. The molecule has 26 heavy (non-hydrogen) atoms. The molecule has 0 saturated heterocycles. The van der Waals surface area contributed by atoms with Gasteiger partial charge in [0.05, 0.1) is 11.4 Å². The molecule has 0 fully saturated rings. The zero-order valence-electron chi connectivity index (χ0n) is 14.1.